The van der Waals surface area contributed by atoms with E-state index in [1.807, 2.05) is 0 Å². The maximum Gasteiger partial charge on any atom is 0.0701 e. The van der Waals surface area contributed by atoms with Gasteiger partial charge in [-0.1, -0.05) is 27.7 Å². The summed E-state index contributed by atoms with van der Waals surface area (Å²) in [6, 6.07) is 1.06. The molecule has 3 heteroatoms. The molecule has 0 amide bonds. The quantitative estimate of drug-likeness (QED) is 0.910. The van der Waals surface area contributed by atoms with Gasteiger partial charge >= 0.3 is 0 Å². The predicted molar refractivity (Wildman–Crippen MR) is 85.1 cm³/mol. The highest BCUT2D eigenvalue weighted by atomic mass is 15.3. The Hall–Kier alpha value is -0.830. The Bertz CT molecular complexity index is 449. The van der Waals surface area contributed by atoms with Crippen molar-refractivity contribution >= 4 is 0 Å². The zero-order valence-electron chi connectivity index (χ0n) is 14.0. The molecule has 1 aromatic rings. The van der Waals surface area contributed by atoms with Gasteiger partial charge in [0.25, 0.3) is 0 Å². The molecule has 1 aromatic heterocycles. The number of hydrogen-bond acceptors (Lipinski definition) is 2. The zero-order valence-corrected chi connectivity index (χ0v) is 14.0. The number of nitrogens with one attached hydrogen (secondary N) is 1. The highest BCUT2D eigenvalue weighted by Gasteiger charge is 2.36. The van der Waals surface area contributed by atoms with Crippen LogP contribution in [-0.4, -0.2) is 22.4 Å². The summed E-state index contributed by atoms with van der Waals surface area (Å²) < 4.78 is 2.33. The third kappa shape index (κ3) is 2.78. The van der Waals surface area contributed by atoms with Gasteiger partial charge in [0, 0.05) is 11.7 Å². The SMILES string of the molecule is CCNC1CC(C)CC(C)C1n1nc(C)c(CC)c1C. The molecule has 0 saturated heterocycles. The number of aromatic nitrogens is 2. The molecule has 4 unspecified atom stereocenters. The average molecular weight is 277 g/mol. The molecule has 114 valence electrons. The number of likely N-dealkylation sites (N-methyl/N-ethyl adjacent to an activating group) is 1. The van der Waals surface area contributed by atoms with E-state index >= 15 is 0 Å². The lowest BCUT2D eigenvalue weighted by Crippen LogP contribution is -2.46. The minimum Gasteiger partial charge on any atom is -0.312 e. The average Bonchev–Trinajstić information content (AvgIpc) is 2.64. The van der Waals surface area contributed by atoms with E-state index in [1.54, 1.807) is 0 Å². The summed E-state index contributed by atoms with van der Waals surface area (Å²) in [5, 5.41) is 8.60. The number of rotatable bonds is 4. The van der Waals surface area contributed by atoms with E-state index in [2.05, 4.69) is 51.5 Å². The second-order valence-electron chi connectivity index (χ2n) is 6.66. The van der Waals surface area contributed by atoms with Gasteiger partial charge in [0.2, 0.25) is 0 Å². The molecule has 0 bridgehead atoms. The van der Waals surface area contributed by atoms with Gasteiger partial charge in [-0.3, -0.25) is 4.68 Å². The van der Waals surface area contributed by atoms with Crippen LogP contribution in [0.3, 0.4) is 0 Å². The summed E-state index contributed by atoms with van der Waals surface area (Å²) in [6.07, 6.45) is 3.66. The van der Waals surface area contributed by atoms with Gasteiger partial charge in [0.1, 0.15) is 0 Å². The van der Waals surface area contributed by atoms with Crippen molar-refractivity contribution in [3.05, 3.63) is 17.0 Å². The van der Waals surface area contributed by atoms with Crippen molar-refractivity contribution in [3.8, 4) is 0 Å². The molecule has 1 aliphatic carbocycles. The minimum absolute atomic E-state index is 0.505. The van der Waals surface area contributed by atoms with Gasteiger partial charge in [-0.05, 0) is 57.1 Å². The smallest absolute Gasteiger partial charge is 0.0701 e. The number of aryl methyl sites for hydroxylation is 1. The molecule has 20 heavy (non-hydrogen) atoms. The molecule has 0 aromatic carbocycles. The Kier molecular flexibility index (Phi) is 4.90. The van der Waals surface area contributed by atoms with E-state index in [1.165, 1.54) is 29.8 Å². The van der Waals surface area contributed by atoms with Crippen molar-refractivity contribution in [2.24, 2.45) is 11.8 Å². The second kappa shape index (κ2) is 6.30. The van der Waals surface area contributed by atoms with Crippen molar-refractivity contribution in [2.75, 3.05) is 6.54 Å². The largest absolute Gasteiger partial charge is 0.312 e. The van der Waals surface area contributed by atoms with E-state index in [0.717, 1.165) is 18.9 Å². The lowest BCUT2D eigenvalue weighted by Gasteiger charge is -2.40. The Labute approximate surface area is 124 Å². The van der Waals surface area contributed by atoms with Crippen molar-refractivity contribution in [1.82, 2.24) is 15.1 Å². The van der Waals surface area contributed by atoms with E-state index < -0.39 is 0 Å². The fourth-order valence-electron chi connectivity index (χ4n) is 4.22. The molecule has 0 aliphatic heterocycles. The van der Waals surface area contributed by atoms with Crippen LogP contribution in [0.1, 0.15) is 63.5 Å². The lowest BCUT2D eigenvalue weighted by atomic mass is 9.76. The van der Waals surface area contributed by atoms with Crippen LogP contribution < -0.4 is 5.32 Å². The number of nitrogens with zero attached hydrogens (tertiary/aromatic N) is 2. The molecule has 1 heterocycles. The third-order valence-corrected chi connectivity index (χ3v) is 5.00. The maximum absolute atomic E-state index is 4.89. The van der Waals surface area contributed by atoms with Gasteiger partial charge in [0.05, 0.1) is 11.7 Å². The summed E-state index contributed by atoms with van der Waals surface area (Å²) in [6.45, 7) is 14.7. The molecule has 1 saturated carbocycles. The normalized spacial score (nSPS) is 30.7. The summed E-state index contributed by atoms with van der Waals surface area (Å²) in [5.74, 6) is 1.50. The molecule has 1 N–H and O–H groups in total. The first-order valence-electron chi connectivity index (χ1n) is 8.27. The van der Waals surface area contributed by atoms with Gasteiger partial charge in [0.15, 0.2) is 0 Å². The topological polar surface area (TPSA) is 29.9 Å². The van der Waals surface area contributed by atoms with Crippen LogP contribution in [0.15, 0.2) is 0 Å². The van der Waals surface area contributed by atoms with Gasteiger partial charge in [-0.15, -0.1) is 0 Å². The highest BCUT2D eigenvalue weighted by Crippen LogP contribution is 2.38. The van der Waals surface area contributed by atoms with Crippen molar-refractivity contribution < 1.29 is 0 Å². The third-order valence-electron chi connectivity index (χ3n) is 5.00. The van der Waals surface area contributed by atoms with Crippen molar-refractivity contribution in [1.29, 1.82) is 0 Å². The van der Waals surface area contributed by atoms with Crippen LogP contribution in [0.5, 0.6) is 0 Å². The van der Waals surface area contributed by atoms with Gasteiger partial charge in [-0.25, -0.2) is 0 Å². The van der Waals surface area contributed by atoms with E-state index in [-0.39, 0.29) is 0 Å². The van der Waals surface area contributed by atoms with Crippen LogP contribution in [0.2, 0.25) is 0 Å². The summed E-state index contributed by atoms with van der Waals surface area (Å²) >= 11 is 0. The first-order valence-corrected chi connectivity index (χ1v) is 8.27. The lowest BCUT2D eigenvalue weighted by molar-refractivity contribution is 0.142. The molecule has 1 aliphatic rings. The predicted octanol–water partition coefficient (Wildman–Crippen LogP) is 3.65. The van der Waals surface area contributed by atoms with Crippen molar-refractivity contribution in [2.45, 2.75) is 72.9 Å². The van der Waals surface area contributed by atoms with E-state index in [0.29, 0.717) is 18.0 Å². The van der Waals surface area contributed by atoms with Crippen molar-refractivity contribution in [3.63, 3.8) is 0 Å². The molecule has 4 atom stereocenters. The second-order valence-corrected chi connectivity index (χ2v) is 6.66. The van der Waals surface area contributed by atoms with Crippen LogP contribution in [0, 0.1) is 25.7 Å². The van der Waals surface area contributed by atoms with E-state index in [9.17, 15) is 0 Å². The Morgan fingerprint density at radius 3 is 2.45 bits per heavy atom. The standard InChI is InChI=1S/C17H31N3/c1-7-15-13(5)19-20(14(15)6)17-12(4)9-11(3)10-16(17)18-8-2/h11-12,16-18H,7-10H2,1-6H3. The molecule has 1 fully saturated rings. The molecule has 2 rings (SSSR count). The first kappa shape index (κ1) is 15.6. The molecular weight excluding hydrogens is 246 g/mol. The fraction of sp³-hybridized carbons (Fsp3) is 0.824. The summed E-state index contributed by atoms with van der Waals surface area (Å²) in [5.41, 5.74) is 4.02. The summed E-state index contributed by atoms with van der Waals surface area (Å²) in [7, 11) is 0. The van der Waals surface area contributed by atoms with Crippen LogP contribution >= 0.6 is 0 Å². The fourth-order valence-corrected chi connectivity index (χ4v) is 4.22. The monoisotopic (exact) mass is 277 g/mol. The minimum atomic E-state index is 0.505. The summed E-state index contributed by atoms with van der Waals surface area (Å²) in [4.78, 5) is 0. The molecular formula is C17H31N3. The van der Waals surface area contributed by atoms with Crippen LogP contribution in [-0.2, 0) is 6.42 Å². The Morgan fingerprint density at radius 1 is 1.20 bits per heavy atom. The molecule has 0 spiro atoms. The zero-order chi connectivity index (χ0) is 14.9. The molecule has 3 nitrogen and oxygen atoms in total. The number of hydrogen-bond donors (Lipinski definition) is 1. The van der Waals surface area contributed by atoms with Crippen LogP contribution in [0.4, 0.5) is 0 Å². The Morgan fingerprint density at radius 2 is 1.90 bits per heavy atom. The highest BCUT2D eigenvalue weighted by molar-refractivity contribution is 5.25. The van der Waals surface area contributed by atoms with Gasteiger partial charge in [-0.2, -0.15) is 5.10 Å². The molecule has 0 radical (unpaired) electrons. The Balaban J connectivity index is 2.36. The maximum atomic E-state index is 4.89. The van der Waals surface area contributed by atoms with E-state index in [4.69, 9.17) is 5.10 Å². The first-order chi connectivity index (χ1) is 9.49. The van der Waals surface area contributed by atoms with Crippen LogP contribution in [0.25, 0.3) is 0 Å². The van der Waals surface area contributed by atoms with Gasteiger partial charge < -0.3 is 5.32 Å².